The van der Waals surface area contributed by atoms with Crippen LogP contribution in [0.3, 0.4) is 0 Å². The number of hydrogen-bond acceptors (Lipinski definition) is 8. The van der Waals surface area contributed by atoms with Gasteiger partial charge in [0.15, 0.2) is 0 Å². The molecule has 1 fully saturated rings. The third-order valence-corrected chi connectivity index (χ3v) is 10.3. The SMILES string of the molecule is CCCC[C@@H]1NC(=O)[C@H](Cc2ccccc2)NC(=O)CSC[C@H](C(=O)NC)NC(=O)[C@H](CCCC)NC(=O)[C@H](CCCC)NC(=O)[C@H](CCCC)NC1=O. The molecule has 1 aliphatic heterocycles. The Morgan fingerprint density at radius 1 is 0.593 bits per heavy atom. The Labute approximate surface area is 325 Å². The Kier molecular flexibility index (Phi) is 22.0. The van der Waals surface area contributed by atoms with Crippen molar-refractivity contribution in [2.45, 2.75) is 147 Å². The lowest BCUT2D eigenvalue weighted by atomic mass is 10.0. The van der Waals surface area contributed by atoms with Crippen LogP contribution in [0.4, 0.5) is 0 Å². The van der Waals surface area contributed by atoms with Crippen LogP contribution < -0.4 is 37.2 Å². The lowest BCUT2D eigenvalue weighted by Gasteiger charge is -2.27. The Hall–Kier alpha value is -4.14. The molecule has 0 aromatic heterocycles. The van der Waals surface area contributed by atoms with Crippen LogP contribution in [0.2, 0.25) is 0 Å². The lowest BCUT2D eigenvalue weighted by molar-refractivity contribution is -0.135. The van der Waals surface area contributed by atoms with E-state index < -0.39 is 77.6 Å². The second-order valence-electron chi connectivity index (χ2n) is 13.8. The van der Waals surface area contributed by atoms with Gasteiger partial charge in [0.25, 0.3) is 0 Å². The lowest BCUT2D eigenvalue weighted by Crippen LogP contribution is -2.59. The van der Waals surface area contributed by atoms with Gasteiger partial charge in [0.05, 0.1) is 5.75 Å². The largest absolute Gasteiger partial charge is 0.357 e. The normalized spacial score (nSPS) is 24.1. The standard InChI is InChI=1S/C39H63N7O7S/c1-6-10-19-27-35(49)42-28(20-11-7-2)36(50)44-30(22-13-9-4)38(52)46-32(34(48)40-5)24-54-25-33(47)41-31(23-26-17-15-14-16-18-26)39(53)45-29(21-12-8-3)37(51)43-27/h14-18,27-32H,6-13,19-25H2,1-5H3,(H,40,48)(H,41,47)(H,42,49)(H,43,51)(H,44,50)(H,45,53)(H,46,52)/t27-,28-,29-,30-,31-,32+/m0/s1. The number of nitrogens with one attached hydrogen (secondary N) is 7. The first-order valence-electron chi connectivity index (χ1n) is 19.6. The van der Waals surface area contributed by atoms with Crippen molar-refractivity contribution < 1.29 is 33.6 Å². The molecule has 14 nitrogen and oxygen atoms in total. The van der Waals surface area contributed by atoms with E-state index in [1.165, 1.54) is 7.05 Å². The molecule has 7 N–H and O–H groups in total. The van der Waals surface area contributed by atoms with Crippen molar-refractivity contribution in [3.63, 3.8) is 0 Å². The van der Waals surface area contributed by atoms with Gasteiger partial charge in [-0.05, 0) is 31.2 Å². The number of hydrogen-bond donors (Lipinski definition) is 7. The molecule has 54 heavy (non-hydrogen) atoms. The number of carbonyl (C=O) groups excluding carboxylic acids is 7. The second kappa shape index (κ2) is 25.8. The zero-order valence-electron chi connectivity index (χ0n) is 32.7. The van der Waals surface area contributed by atoms with Crippen LogP contribution in [-0.2, 0) is 40.0 Å². The Balaban J connectivity index is 2.58. The van der Waals surface area contributed by atoms with E-state index in [0.717, 1.165) is 43.0 Å². The predicted molar refractivity (Wildman–Crippen MR) is 211 cm³/mol. The fourth-order valence-corrected chi connectivity index (χ4v) is 6.85. The third kappa shape index (κ3) is 16.5. The number of benzene rings is 1. The van der Waals surface area contributed by atoms with Crippen molar-refractivity contribution in [2.75, 3.05) is 18.6 Å². The smallest absolute Gasteiger partial charge is 0.243 e. The van der Waals surface area contributed by atoms with Crippen molar-refractivity contribution in [2.24, 2.45) is 0 Å². The molecule has 1 saturated heterocycles. The second-order valence-corrected chi connectivity index (χ2v) is 14.8. The molecule has 2 rings (SSSR count). The maximum atomic E-state index is 13.9. The quantitative estimate of drug-likeness (QED) is 0.141. The van der Waals surface area contributed by atoms with Crippen LogP contribution in [0.15, 0.2) is 30.3 Å². The molecular formula is C39H63N7O7S. The fraction of sp³-hybridized carbons (Fsp3) is 0.667. The minimum atomic E-state index is -1.03. The Morgan fingerprint density at radius 2 is 0.981 bits per heavy atom. The summed E-state index contributed by atoms with van der Waals surface area (Å²) in [7, 11) is 1.44. The topological polar surface area (TPSA) is 204 Å². The molecule has 1 aromatic carbocycles. The molecule has 1 aliphatic rings. The minimum Gasteiger partial charge on any atom is -0.357 e. The van der Waals surface area contributed by atoms with E-state index in [4.69, 9.17) is 0 Å². The minimum absolute atomic E-state index is 0.0381. The summed E-state index contributed by atoms with van der Waals surface area (Å²) in [6, 6.07) is 3.17. The van der Waals surface area contributed by atoms with Gasteiger partial charge in [-0.2, -0.15) is 0 Å². The van der Waals surface area contributed by atoms with Crippen LogP contribution >= 0.6 is 11.8 Å². The Bertz CT molecular complexity index is 1370. The molecule has 6 atom stereocenters. The summed E-state index contributed by atoms with van der Waals surface area (Å²) in [6.45, 7) is 7.85. The van der Waals surface area contributed by atoms with Gasteiger partial charge in [-0.1, -0.05) is 109 Å². The summed E-state index contributed by atoms with van der Waals surface area (Å²) in [4.78, 5) is 95.3. The molecule has 0 spiro atoms. The van der Waals surface area contributed by atoms with Crippen molar-refractivity contribution in [1.29, 1.82) is 0 Å². The molecule has 0 aliphatic carbocycles. The number of carbonyl (C=O) groups is 7. The number of thioether (sulfide) groups is 1. The number of unbranched alkanes of at least 4 members (excludes halogenated alkanes) is 4. The Morgan fingerprint density at radius 3 is 1.37 bits per heavy atom. The van der Waals surface area contributed by atoms with Crippen LogP contribution in [0.1, 0.15) is 110 Å². The average molecular weight is 774 g/mol. The molecule has 0 bridgehead atoms. The molecule has 302 valence electrons. The van der Waals surface area contributed by atoms with E-state index in [-0.39, 0.29) is 17.9 Å². The summed E-state index contributed by atoms with van der Waals surface area (Å²) in [5, 5.41) is 19.5. The molecule has 1 heterocycles. The van der Waals surface area contributed by atoms with E-state index in [0.29, 0.717) is 51.4 Å². The van der Waals surface area contributed by atoms with Gasteiger partial charge in [-0.15, -0.1) is 11.8 Å². The van der Waals surface area contributed by atoms with Crippen LogP contribution in [0, 0.1) is 0 Å². The van der Waals surface area contributed by atoms with Gasteiger partial charge in [-0.3, -0.25) is 33.6 Å². The summed E-state index contributed by atoms with van der Waals surface area (Å²) < 4.78 is 0. The van der Waals surface area contributed by atoms with Crippen molar-refractivity contribution >= 4 is 53.1 Å². The summed E-state index contributed by atoms with van der Waals surface area (Å²) in [6.07, 6.45) is 6.85. The third-order valence-electron chi connectivity index (χ3n) is 9.25. The number of amides is 7. The number of rotatable bonds is 15. The van der Waals surface area contributed by atoms with E-state index in [9.17, 15) is 33.6 Å². The predicted octanol–water partition coefficient (Wildman–Crippen LogP) is 2.39. The first kappa shape index (κ1) is 46.0. The highest BCUT2D eigenvalue weighted by atomic mass is 32.2. The molecule has 7 amide bonds. The monoisotopic (exact) mass is 773 g/mol. The van der Waals surface area contributed by atoms with Crippen LogP contribution in [0.5, 0.6) is 0 Å². The molecule has 0 radical (unpaired) electrons. The van der Waals surface area contributed by atoms with Crippen LogP contribution in [0.25, 0.3) is 0 Å². The van der Waals surface area contributed by atoms with Crippen molar-refractivity contribution in [3.8, 4) is 0 Å². The molecular weight excluding hydrogens is 711 g/mol. The van der Waals surface area contributed by atoms with E-state index in [1.54, 1.807) is 0 Å². The van der Waals surface area contributed by atoms with E-state index in [1.807, 2.05) is 58.0 Å². The van der Waals surface area contributed by atoms with Crippen molar-refractivity contribution in [3.05, 3.63) is 35.9 Å². The van der Waals surface area contributed by atoms with Gasteiger partial charge >= 0.3 is 0 Å². The van der Waals surface area contributed by atoms with Crippen LogP contribution in [-0.4, -0.2) is 96.2 Å². The van der Waals surface area contributed by atoms with Gasteiger partial charge in [0, 0.05) is 19.2 Å². The molecule has 1 aromatic rings. The summed E-state index contributed by atoms with van der Waals surface area (Å²) in [5.74, 6) is -3.77. The maximum Gasteiger partial charge on any atom is 0.243 e. The summed E-state index contributed by atoms with van der Waals surface area (Å²) in [5.41, 5.74) is 0.794. The number of likely N-dealkylation sites (N-methyl/N-ethyl adjacent to an activating group) is 1. The van der Waals surface area contributed by atoms with Gasteiger partial charge < -0.3 is 37.2 Å². The van der Waals surface area contributed by atoms with E-state index in [2.05, 4.69) is 37.2 Å². The molecule has 0 saturated carbocycles. The molecule has 15 heteroatoms. The van der Waals surface area contributed by atoms with Crippen molar-refractivity contribution in [1.82, 2.24) is 37.2 Å². The zero-order valence-corrected chi connectivity index (χ0v) is 33.5. The van der Waals surface area contributed by atoms with Gasteiger partial charge in [-0.25, -0.2) is 0 Å². The summed E-state index contributed by atoms with van der Waals surface area (Å²) >= 11 is 1.11. The fourth-order valence-electron chi connectivity index (χ4n) is 5.99. The molecule has 0 unspecified atom stereocenters. The maximum absolute atomic E-state index is 13.9. The van der Waals surface area contributed by atoms with E-state index >= 15 is 0 Å². The first-order chi connectivity index (χ1) is 26.0. The average Bonchev–Trinajstić information content (AvgIpc) is 3.16. The first-order valence-corrected chi connectivity index (χ1v) is 20.8. The van der Waals surface area contributed by atoms with Gasteiger partial charge in [0.2, 0.25) is 41.4 Å². The highest BCUT2D eigenvalue weighted by molar-refractivity contribution is 8.00. The highest BCUT2D eigenvalue weighted by Gasteiger charge is 2.33. The van der Waals surface area contributed by atoms with Gasteiger partial charge in [0.1, 0.15) is 36.3 Å². The highest BCUT2D eigenvalue weighted by Crippen LogP contribution is 2.12. The zero-order chi connectivity index (χ0) is 39.9.